The van der Waals surface area contributed by atoms with Crippen molar-refractivity contribution in [2.45, 2.75) is 12.3 Å². The molecule has 3 aromatic rings. The average molecular weight is 265 g/mol. The molecule has 0 fully saturated rings. The molecule has 0 bridgehead atoms. The van der Waals surface area contributed by atoms with Gasteiger partial charge in [-0.3, -0.25) is 4.79 Å². The highest BCUT2D eigenvalue weighted by Crippen LogP contribution is 2.23. The van der Waals surface area contributed by atoms with E-state index in [0.29, 0.717) is 5.52 Å². The van der Waals surface area contributed by atoms with Crippen LogP contribution in [0.4, 0.5) is 4.39 Å². The zero-order valence-corrected chi connectivity index (χ0v) is 10.3. The van der Waals surface area contributed by atoms with Gasteiger partial charge in [-0.1, -0.05) is 6.07 Å². The molecular formula is C13H10ClFN2O. The van der Waals surface area contributed by atoms with Crippen LogP contribution in [0.1, 0.15) is 17.9 Å². The molecule has 1 unspecified atom stereocenters. The van der Waals surface area contributed by atoms with Gasteiger partial charge in [0.1, 0.15) is 5.52 Å². The van der Waals surface area contributed by atoms with Crippen molar-refractivity contribution in [1.82, 2.24) is 9.38 Å². The second-order valence-electron chi connectivity index (χ2n) is 4.23. The van der Waals surface area contributed by atoms with Crippen molar-refractivity contribution >= 4 is 28.2 Å². The van der Waals surface area contributed by atoms with Crippen LogP contribution in [0.2, 0.25) is 0 Å². The standard InChI is InChI=1S/C13H10ClFN2O/c1-7(14)8-2-3-11-10(6-8)16-13(18)12-9(15)4-5-17(11)12/h2-7H,1H3,(H,16,18). The van der Waals surface area contributed by atoms with Crippen molar-refractivity contribution in [2.24, 2.45) is 0 Å². The van der Waals surface area contributed by atoms with Crippen LogP contribution in [-0.4, -0.2) is 9.38 Å². The van der Waals surface area contributed by atoms with Crippen molar-refractivity contribution in [3.8, 4) is 0 Å². The zero-order valence-electron chi connectivity index (χ0n) is 9.58. The Balaban J connectivity index is 2.47. The van der Waals surface area contributed by atoms with E-state index >= 15 is 0 Å². The summed E-state index contributed by atoms with van der Waals surface area (Å²) in [6.07, 6.45) is 1.55. The van der Waals surface area contributed by atoms with Gasteiger partial charge < -0.3 is 9.38 Å². The lowest BCUT2D eigenvalue weighted by Crippen LogP contribution is -2.11. The number of hydrogen-bond donors (Lipinski definition) is 1. The number of nitrogens with zero attached hydrogens (tertiary/aromatic N) is 1. The SMILES string of the molecule is CC(Cl)c1ccc2c(c1)[nH]c(=O)c1c(F)ccn12. The molecule has 0 saturated carbocycles. The van der Waals surface area contributed by atoms with Crippen LogP contribution in [0.3, 0.4) is 0 Å². The monoisotopic (exact) mass is 264 g/mol. The van der Waals surface area contributed by atoms with Gasteiger partial charge in [0, 0.05) is 6.20 Å². The largest absolute Gasteiger partial charge is 0.319 e. The second kappa shape index (κ2) is 3.85. The fourth-order valence-corrected chi connectivity index (χ4v) is 2.26. The first-order valence-corrected chi connectivity index (χ1v) is 5.98. The minimum Gasteiger partial charge on any atom is -0.319 e. The van der Waals surface area contributed by atoms with Gasteiger partial charge >= 0.3 is 0 Å². The number of H-pyrrole nitrogens is 1. The molecule has 0 amide bonds. The van der Waals surface area contributed by atoms with Crippen LogP contribution in [0.15, 0.2) is 35.3 Å². The second-order valence-corrected chi connectivity index (χ2v) is 4.88. The Morgan fingerprint density at radius 1 is 1.39 bits per heavy atom. The maximum absolute atomic E-state index is 13.5. The summed E-state index contributed by atoms with van der Waals surface area (Å²) in [4.78, 5) is 14.5. The van der Waals surface area contributed by atoms with Gasteiger partial charge in [0.15, 0.2) is 5.82 Å². The molecule has 3 rings (SSSR count). The molecule has 0 radical (unpaired) electrons. The number of alkyl halides is 1. The fourth-order valence-electron chi connectivity index (χ4n) is 2.12. The minimum atomic E-state index is -0.520. The van der Waals surface area contributed by atoms with Crippen LogP contribution in [0, 0.1) is 5.82 Å². The lowest BCUT2D eigenvalue weighted by Gasteiger charge is -2.07. The molecule has 0 spiro atoms. The summed E-state index contributed by atoms with van der Waals surface area (Å²) >= 11 is 6.01. The van der Waals surface area contributed by atoms with Crippen LogP contribution >= 0.6 is 11.6 Å². The average Bonchev–Trinajstić information content (AvgIpc) is 2.71. The molecule has 92 valence electrons. The Kier molecular flexibility index (Phi) is 2.41. The number of halogens is 2. The number of aromatic amines is 1. The first kappa shape index (κ1) is 11.3. The third kappa shape index (κ3) is 1.53. The van der Waals surface area contributed by atoms with Gasteiger partial charge in [-0.15, -0.1) is 11.6 Å². The number of nitrogens with one attached hydrogen (secondary N) is 1. The molecule has 1 aromatic carbocycles. The van der Waals surface area contributed by atoms with Gasteiger partial charge in [-0.25, -0.2) is 4.39 Å². The Morgan fingerprint density at radius 2 is 2.17 bits per heavy atom. The van der Waals surface area contributed by atoms with Crippen LogP contribution in [0.5, 0.6) is 0 Å². The maximum Gasteiger partial charge on any atom is 0.275 e. The van der Waals surface area contributed by atoms with E-state index in [2.05, 4.69) is 4.98 Å². The van der Waals surface area contributed by atoms with Crippen LogP contribution in [-0.2, 0) is 0 Å². The third-order valence-electron chi connectivity index (χ3n) is 3.04. The van der Waals surface area contributed by atoms with Crippen molar-refractivity contribution in [1.29, 1.82) is 0 Å². The van der Waals surface area contributed by atoms with E-state index in [1.54, 1.807) is 10.6 Å². The summed E-state index contributed by atoms with van der Waals surface area (Å²) in [5, 5.41) is -0.144. The molecule has 1 N–H and O–H groups in total. The zero-order chi connectivity index (χ0) is 12.9. The normalized spacial score (nSPS) is 13.3. The lowest BCUT2D eigenvalue weighted by atomic mass is 10.1. The molecule has 3 nitrogen and oxygen atoms in total. The first-order chi connectivity index (χ1) is 8.58. The van der Waals surface area contributed by atoms with Crippen molar-refractivity contribution in [2.75, 3.05) is 0 Å². The van der Waals surface area contributed by atoms with E-state index < -0.39 is 11.4 Å². The van der Waals surface area contributed by atoms with E-state index in [1.807, 2.05) is 25.1 Å². The number of rotatable bonds is 1. The molecule has 2 heterocycles. The van der Waals surface area contributed by atoms with E-state index in [1.165, 1.54) is 6.07 Å². The van der Waals surface area contributed by atoms with E-state index in [4.69, 9.17) is 11.6 Å². The number of aromatic nitrogens is 2. The Hall–Kier alpha value is -1.81. The fraction of sp³-hybridized carbons (Fsp3) is 0.154. The number of fused-ring (bicyclic) bond motifs is 3. The summed E-state index contributed by atoms with van der Waals surface area (Å²) in [6.45, 7) is 1.86. The molecule has 0 aliphatic heterocycles. The molecule has 0 saturated heterocycles. The molecule has 1 atom stereocenters. The van der Waals surface area contributed by atoms with Gasteiger partial charge in [0.25, 0.3) is 5.56 Å². The van der Waals surface area contributed by atoms with E-state index in [0.717, 1.165) is 11.1 Å². The highest BCUT2D eigenvalue weighted by molar-refractivity contribution is 6.20. The van der Waals surface area contributed by atoms with Crippen LogP contribution < -0.4 is 5.56 Å². The highest BCUT2D eigenvalue weighted by atomic mass is 35.5. The molecule has 0 aliphatic carbocycles. The summed E-state index contributed by atoms with van der Waals surface area (Å²) in [5.74, 6) is -0.520. The summed E-state index contributed by atoms with van der Waals surface area (Å²) in [6, 6.07) is 6.79. The van der Waals surface area contributed by atoms with Crippen LogP contribution in [0.25, 0.3) is 16.6 Å². The lowest BCUT2D eigenvalue weighted by molar-refractivity contribution is 0.639. The summed E-state index contributed by atoms with van der Waals surface area (Å²) in [7, 11) is 0. The van der Waals surface area contributed by atoms with E-state index in [-0.39, 0.29) is 10.9 Å². The minimum absolute atomic E-state index is 0.0363. The molecule has 0 aliphatic rings. The smallest absolute Gasteiger partial charge is 0.275 e. The quantitative estimate of drug-likeness (QED) is 0.673. The van der Waals surface area contributed by atoms with Crippen molar-refractivity contribution < 1.29 is 4.39 Å². The predicted molar refractivity (Wildman–Crippen MR) is 69.7 cm³/mol. The van der Waals surface area contributed by atoms with E-state index in [9.17, 15) is 9.18 Å². The van der Waals surface area contributed by atoms with Gasteiger partial charge in [0.05, 0.1) is 16.4 Å². The van der Waals surface area contributed by atoms with Gasteiger partial charge in [-0.05, 0) is 30.7 Å². The Bertz CT molecular complexity index is 804. The topological polar surface area (TPSA) is 37.3 Å². The molecular weight excluding hydrogens is 255 g/mol. The maximum atomic E-state index is 13.5. The Morgan fingerprint density at radius 3 is 2.89 bits per heavy atom. The van der Waals surface area contributed by atoms with Gasteiger partial charge in [0.2, 0.25) is 0 Å². The van der Waals surface area contributed by atoms with Gasteiger partial charge in [-0.2, -0.15) is 0 Å². The summed E-state index contributed by atoms with van der Waals surface area (Å²) < 4.78 is 15.0. The molecule has 5 heteroatoms. The van der Waals surface area contributed by atoms with Crippen molar-refractivity contribution in [3.63, 3.8) is 0 Å². The molecule has 2 aromatic heterocycles. The Labute approximate surface area is 107 Å². The van der Waals surface area contributed by atoms with Crippen molar-refractivity contribution in [3.05, 3.63) is 52.2 Å². The third-order valence-corrected chi connectivity index (χ3v) is 3.29. The summed E-state index contributed by atoms with van der Waals surface area (Å²) in [5.41, 5.74) is 1.90. The first-order valence-electron chi connectivity index (χ1n) is 5.54. The number of hydrogen-bond acceptors (Lipinski definition) is 1. The highest BCUT2D eigenvalue weighted by Gasteiger charge is 2.11. The molecule has 18 heavy (non-hydrogen) atoms. The predicted octanol–water partition coefficient (Wildman–Crippen LogP) is 3.22. The number of benzene rings is 1.